The Morgan fingerprint density at radius 2 is 1.70 bits per heavy atom. The topological polar surface area (TPSA) is 28.5 Å². The number of benzene rings is 2. The fraction of sp³-hybridized carbons (Fsp3) is 0.318. The molecule has 1 saturated heterocycles. The fourth-order valence-corrected chi connectivity index (χ4v) is 3.84. The lowest BCUT2D eigenvalue weighted by atomic mass is 10.1. The first-order chi connectivity index (χ1) is 13.1. The van der Waals surface area contributed by atoms with Gasteiger partial charge in [0.05, 0.1) is 0 Å². The predicted molar refractivity (Wildman–Crippen MR) is 107 cm³/mol. The minimum Gasteiger partial charge on any atom is -0.369 e. The average Bonchev–Trinajstić information content (AvgIpc) is 3.04. The number of aromatic nitrogens is 1. The SMILES string of the molecule is Cn1cc(C(=O)CCN2CCN(c3ccc(F)cc3)CC2)c2ccccc21. The van der Waals surface area contributed by atoms with Gasteiger partial charge in [0, 0.05) is 74.5 Å². The number of nitrogens with zero attached hydrogens (tertiary/aromatic N) is 3. The molecular weight excluding hydrogens is 341 g/mol. The molecule has 2 heterocycles. The second-order valence-corrected chi connectivity index (χ2v) is 7.15. The van der Waals surface area contributed by atoms with Gasteiger partial charge in [-0.2, -0.15) is 0 Å². The standard InChI is InChI=1S/C22H24FN3O/c1-24-16-20(19-4-2-3-5-21(19)24)22(27)10-11-25-12-14-26(15-13-25)18-8-6-17(23)7-9-18/h2-9,16H,10-15H2,1H3. The molecule has 1 aliphatic rings. The van der Waals surface area contributed by atoms with Crippen LogP contribution in [-0.4, -0.2) is 48.0 Å². The molecule has 0 radical (unpaired) electrons. The summed E-state index contributed by atoms with van der Waals surface area (Å²) in [5.41, 5.74) is 2.97. The summed E-state index contributed by atoms with van der Waals surface area (Å²) >= 11 is 0. The molecule has 3 aromatic rings. The lowest BCUT2D eigenvalue weighted by Crippen LogP contribution is -2.46. The Balaban J connectivity index is 1.33. The van der Waals surface area contributed by atoms with E-state index in [1.54, 1.807) is 0 Å². The Labute approximate surface area is 158 Å². The van der Waals surface area contributed by atoms with Crippen molar-refractivity contribution in [1.29, 1.82) is 0 Å². The Kier molecular flexibility index (Phi) is 4.94. The Morgan fingerprint density at radius 1 is 1.00 bits per heavy atom. The lowest BCUT2D eigenvalue weighted by molar-refractivity contribution is 0.0964. The number of carbonyl (C=O) groups is 1. The minimum absolute atomic E-state index is 0.202. The van der Waals surface area contributed by atoms with Crippen molar-refractivity contribution in [3.63, 3.8) is 0 Å². The van der Waals surface area contributed by atoms with E-state index in [1.165, 1.54) is 12.1 Å². The van der Waals surface area contributed by atoms with Gasteiger partial charge in [-0.15, -0.1) is 0 Å². The monoisotopic (exact) mass is 365 g/mol. The van der Waals surface area contributed by atoms with E-state index in [0.29, 0.717) is 6.42 Å². The van der Waals surface area contributed by atoms with Crippen LogP contribution in [0.4, 0.5) is 10.1 Å². The summed E-state index contributed by atoms with van der Waals surface area (Å²) in [5, 5.41) is 1.03. The van der Waals surface area contributed by atoms with Crippen molar-refractivity contribution in [1.82, 2.24) is 9.47 Å². The van der Waals surface area contributed by atoms with E-state index < -0.39 is 0 Å². The molecule has 4 nitrogen and oxygen atoms in total. The summed E-state index contributed by atoms with van der Waals surface area (Å²) < 4.78 is 15.1. The molecule has 0 atom stereocenters. The number of hydrogen-bond acceptors (Lipinski definition) is 3. The first-order valence-corrected chi connectivity index (χ1v) is 9.42. The molecule has 27 heavy (non-hydrogen) atoms. The number of ketones is 1. The molecule has 0 amide bonds. The number of fused-ring (bicyclic) bond motifs is 1. The third-order valence-corrected chi connectivity index (χ3v) is 5.42. The van der Waals surface area contributed by atoms with Crippen LogP contribution in [0.1, 0.15) is 16.8 Å². The number of Topliss-reactive ketones (excluding diaryl/α,β-unsaturated/α-hetero) is 1. The first kappa shape index (κ1) is 17.7. The van der Waals surface area contributed by atoms with Gasteiger partial charge in [-0.1, -0.05) is 18.2 Å². The second-order valence-electron chi connectivity index (χ2n) is 7.15. The van der Waals surface area contributed by atoms with Crippen LogP contribution in [0.5, 0.6) is 0 Å². The summed E-state index contributed by atoms with van der Waals surface area (Å²) in [5.74, 6) is -0.00269. The molecule has 2 aromatic carbocycles. The molecule has 0 bridgehead atoms. The van der Waals surface area contributed by atoms with E-state index in [0.717, 1.165) is 54.9 Å². The van der Waals surface area contributed by atoms with Crippen molar-refractivity contribution in [3.8, 4) is 0 Å². The van der Waals surface area contributed by atoms with Crippen LogP contribution in [0, 0.1) is 5.82 Å². The zero-order valence-corrected chi connectivity index (χ0v) is 15.6. The van der Waals surface area contributed by atoms with Crippen LogP contribution in [0.3, 0.4) is 0 Å². The smallest absolute Gasteiger partial charge is 0.166 e. The van der Waals surface area contributed by atoms with Gasteiger partial charge in [-0.3, -0.25) is 9.69 Å². The van der Waals surface area contributed by atoms with Gasteiger partial charge in [0.2, 0.25) is 0 Å². The Bertz CT molecular complexity index is 940. The summed E-state index contributed by atoms with van der Waals surface area (Å²) in [7, 11) is 1.98. The number of carbonyl (C=O) groups excluding carboxylic acids is 1. The van der Waals surface area contributed by atoms with Gasteiger partial charge in [0.15, 0.2) is 5.78 Å². The number of halogens is 1. The zero-order valence-electron chi connectivity index (χ0n) is 15.6. The van der Waals surface area contributed by atoms with Crippen molar-refractivity contribution in [3.05, 3.63) is 66.1 Å². The van der Waals surface area contributed by atoms with Crippen molar-refractivity contribution in [2.75, 3.05) is 37.6 Å². The van der Waals surface area contributed by atoms with Crippen LogP contribution >= 0.6 is 0 Å². The van der Waals surface area contributed by atoms with Gasteiger partial charge >= 0.3 is 0 Å². The van der Waals surface area contributed by atoms with Gasteiger partial charge in [0.25, 0.3) is 0 Å². The Hall–Kier alpha value is -2.66. The molecule has 0 unspecified atom stereocenters. The zero-order chi connectivity index (χ0) is 18.8. The summed E-state index contributed by atoms with van der Waals surface area (Å²) in [4.78, 5) is 17.3. The molecule has 1 aromatic heterocycles. The predicted octanol–water partition coefficient (Wildman–Crippen LogP) is 3.71. The lowest BCUT2D eigenvalue weighted by Gasteiger charge is -2.36. The molecule has 1 fully saturated rings. The largest absolute Gasteiger partial charge is 0.369 e. The number of anilines is 1. The van der Waals surface area contributed by atoms with E-state index in [9.17, 15) is 9.18 Å². The van der Waals surface area contributed by atoms with E-state index in [2.05, 4.69) is 9.80 Å². The minimum atomic E-state index is -0.204. The van der Waals surface area contributed by atoms with Gasteiger partial charge in [-0.25, -0.2) is 4.39 Å². The molecule has 0 spiro atoms. The molecule has 140 valence electrons. The summed E-state index contributed by atoms with van der Waals surface area (Å²) in [6.07, 6.45) is 2.48. The molecule has 4 rings (SSSR count). The van der Waals surface area contributed by atoms with Crippen LogP contribution < -0.4 is 4.90 Å². The summed E-state index contributed by atoms with van der Waals surface area (Å²) in [6.45, 7) is 4.40. The van der Waals surface area contributed by atoms with Crippen LogP contribution in [0.25, 0.3) is 10.9 Å². The maximum Gasteiger partial charge on any atom is 0.166 e. The number of rotatable bonds is 5. The highest BCUT2D eigenvalue weighted by Gasteiger charge is 2.19. The molecule has 0 aliphatic carbocycles. The quantitative estimate of drug-likeness (QED) is 0.646. The fourth-order valence-electron chi connectivity index (χ4n) is 3.84. The van der Waals surface area contributed by atoms with Gasteiger partial charge in [0.1, 0.15) is 5.82 Å². The highest BCUT2D eigenvalue weighted by molar-refractivity contribution is 6.08. The molecular formula is C22H24FN3O. The molecule has 0 N–H and O–H groups in total. The number of hydrogen-bond donors (Lipinski definition) is 0. The number of para-hydroxylation sites is 1. The first-order valence-electron chi connectivity index (χ1n) is 9.42. The Morgan fingerprint density at radius 3 is 2.44 bits per heavy atom. The van der Waals surface area contributed by atoms with Crippen molar-refractivity contribution in [2.45, 2.75) is 6.42 Å². The third kappa shape index (κ3) is 3.74. The van der Waals surface area contributed by atoms with Crippen molar-refractivity contribution < 1.29 is 9.18 Å². The summed E-state index contributed by atoms with van der Waals surface area (Å²) in [6, 6.07) is 14.7. The van der Waals surface area contributed by atoms with Crippen LogP contribution in [0.2, 0.25) is 0 Å². The molecule has 0 saturated carbocycles. The van der Waals surface area contributed by atoms with E-state index in [-0.39, 0.29) is 11.6 Å². The third-order valence-electron chi connectivity index (χ3n) is 5.42. The van der Waals surface area contributed by atoms with E-state index in [1.807, 2.05) is 54.2 Å². The number of aryl methyl sites for hydroxylation is 1. The highest BCUT2D eigenvalue weighted by atomic mass is 19.1. The van der Waals surface area contributed by atoms with Gasteiger partial charge < -0.3 is 9.47 Å². The second kappa shape index (κ2) is 7.53. The highest BCUT2D eigenvalue weighted by Crippen LogP contribution is 2.22. The number of piperazine rings is 1. The van der Waals surface area contributed by atoms with E-state index >= 15 is 0 Å². The molecule has 5 heteroatoms. The van der Waals surface area contributed by atoms with Gasteiger partial charge in [-0.05, 0) is 30.3 Å². The average molecular weight is 365 g/mol. The van der Waals surface area contributed by atoms with Crippen LogP contribution in [0.15, 0.2) is 54.7 Å². The maximum absolute atomic E-state index is 13.1. The molecule has 1 aliphatic heterocycles. The van der Waals surface area contributed by atoms with Crippen molar-refractivity contribution in [2.24, 2.45) is 7.05 Å². The van der Waals surface area contributed by atoms with Crippen molar-refractivity contribution >= 4 is 22.4 Å². The maximum atomic E-state index is 13.1. The van der Waals surface area contributed by atoms with E-state index in [4.69, 9.17) is 0 Å². The normalized spacial score (nSPS) is 15.4. The van der Waals surface area contributed by atoms with Crippen LogP contribution in [-0.2, 0) is 7.05 Å².